The van der Waals surface area contributed by atoms with Crippen LogP contribution in [0.2, 0.25) is 0 Å². The van der Waals surface area contributed by atoms with E-state index in [0.717, 1.165) is 19.1 Å². The highest BCUT2D eigenvalue weighted by molar-refractivity contribution is 5.48. The first kappa shape index (κ1) is 9.37. The second-order valence-corrected chi connectivity index (χ2v) is 2.02. The van der Waals surface area contributed by atoms with Gasteiger partial charge in [-0.3, -0.25) is 0 Å². The van der Waals surface area contributed by atoms with Crippen molar-refractivity contribution in [2.45, 2.75) is 19.3 Å². The molecule has 0 heterocycles. The summed E-state index contributed by atoms with van der Waals surface area (Å²) in [6.07, 6.45) is 7.53. The molecule has 0 aromatic heterocycles. The Morgan fingerprint density at radius 1 is 1.30 bits per heavy atom. The molecule has 0 aliphatic carbocycles. The minimum Gasteiger partial charge on any atom is -0.381 e. The lowest BCUT2D eigenvalue weighted by molar-refractivity contribution is -0.107. The van der Waals surface area contributed by atoms with Crippen molar-refractivity contribution in [3.05, 3.63) is 12.2 Å². The van der Waals surface area contributed by atoms with Gasteiger partial charge in [-0.2, -0.15) is 0 Å². The predicted molar refractivity (Wildman–Crippen MR) is 40.9 cm³/mol. The predicted octanol–water partition coefficient (Wildman–Crippen LogP) is 1.56. The van der Waals surface area contributed by atoms with Crippen LogP contribution in [0.5, 0.6) is 0 Å². The third-order valence-corrected chi connectivity index (χ3v) is 1.12. The maximum atomic E-state index is 9.84. The smallest absolute Gasteiger partial charge is 0.120 e. The van der Waals surface area contributed by atoms with Crippen molar-refractivity contribution in [2.24, 2.45) is 0 Å². The van der Waals surface area contributed by atoms with Crippen LogP contribution in [-0.4, -0.2) is 20.0 Å². The van der Waals surface area contributed by atoms with Gasteiger partial charge in [0.1, 0.15) is 6.29 Å². The first-order valence-corrected chi connectivity index (χ1v) is 3.49. The van der Waals surface area contributed by atoms with E-state index in [0.29, 0.717) is 13.0 Å². The van der Waals surface area contributed by atoms with Crippen molar-refractivity contribution in [1.29, 1.82) is 0 Å². The molecule has 0 aromatic rings. The summed E-state index contributed by atoms with van der Waals surface area (Å²) in [6, 6.07) is 0. The summed E-state index contributed by atoms with van der Waals surface area (Å²) in [4.78, 5) is 9.84. The molecule has 0 unspecified atom stereocenters. The second-order valence-electron chi connectivity index (χ2n) is 2.02. The molecule has 0 atom stereocenters. The van der Waals surface area contributed by atoms with E-state index in [4.69, 9.17) is 4.74 Å². The Morgan fingerprint density at radius 3 is 2.70 bits per heavy atom. The fourth-order valence-corrected chi connectivity index (χ4v) is 0.601. The molecule has 2 heteroatoms. The van der Waals surface area contributed by atoms with Crippen molar-refractivity contribution in [2.75, 3.05) is 13.7 Å². The SMILES string of the molecule is COC/C=C/CCCC=O. The normalized spacial score (nSPS) is 10.5. The molecule has 0 amide bonds. The van der Waals surface area contributed by atoms with Gasteiger partial charge in [0.25, 0.3) is 0 Å². The molecule has 0 saturated heterocycles. The lowest BCUT2D eigenvalue weighted by atomic mass is 10.2. The van der Waals surface area contributed by atoms with Crippen LogP contribution in [0.15, 0.2) is 12.2 Å². The summed E-state index contributed by atoms with van der Waals surface area (Å²) in [5, 5.41) is 0. The van der Waals surface area contributed by atoms with E-state index >= 15 is 0 Å². The lowest BCUT2D eigenvalue weighted by Crippen LogP contribution is -1.80. The molecule has 0 aliphatic rings. The lowest BCUT2D eigenvalue weighted by Gasteiger charge is -1.88. The molecule has 0 bridgehead atoms. The Balaban J connectivity index is 2.94. The summed E-state index contributed by atoms with van der Waals surface area (Å²) in [5.74, 6) is 0. The molecule has 0 N–H and O–H groups in total. The Morgan fingerprint density at radius 2 is 2.10 bits per heavy atom. The Hall–Kier alpha value is -0.630. The zero-order valence-electron chi connectivity index (χ0n) is 6.38. The van der Waals surface area contributed by atoms with E-state index in [1.54, 1.807) is 7.11 Å². The zero-order valence-corrected chi connectivity index (χ0v) is 6.38. The van der Waals surface area contributed by atoms with Crippen molar-refractivity contribution in [3.8, 4) is 0 Å². The number of allylic oxidation sites excluding steroid dienone is 1. The van der Waals surface area contributed by atoms with Crippen molar-refractivity contribution in [3.63, 3.8) is 0 Å². The van der Waals surface area contributed by atoms with Crippen LogP contribution in [0, 0.1) is 0 Å². The molecule has 2 nitrogen and oxygen atoms in total. The molecule has 0 rings (SSSR count). The number of hydrogen-bond donors (Lipinski definition) is 0. The first-order valence-electron chi connectivity index (χ1n) is 3.49. The fraction of sp³-hybridized carbons (Fsp3) is 0.625. The van der Waals surface area contributed by atoms with Gasteiger partial charge in [-0.15, -0.1) is 0 Å². The van der Waals surface area contributed by atoms with E-state index in [1.807, 2.05) is 12.2 Å². The molecule has 0 radical (unpaired) electrons. The van der Waals surface area contributed by atoms with Gasteiger partial charge in [-0.1, -0.05) is 12.2 Å². The summed E-state index contributed by atoms with van der Waals surface area (Å²) < 4.78 is 4.79. The number of aldehydes is 1. The summed E-state index contributed by atoms with van der Waals surface area (Å²) in [7, 11) is 1.66. The van der Waals surface area contributed by atoms with E-state index in [-0.39, 0.29) is 0 Å². The average Bonchev–Trinajstić information content (AvgIpc) is 1.97. The molecule has 0 aromatic carbocycles. The van der Waals surface area contributed by atoms with Gasteiger partial charge < -0.3 is 9.53 Å². The van der Waals surface area contributed by atoms with E-state index in [1.165, 1.54) is 0 Å². The highest BCUT2D eigenvalue weighted by Crippen LogP contribution is 1.93. The molecular formula is C8H14O2. The third kappa shape index (κ3) is 7.37. The monoisotopic (exact) mass is 142 g/mol. The van der Waals surface area contributed by atoms with Crippen LogP contribution in [0.25, 0.3) is 0 Å². The van der Waals surface area contributed by atoms with Gasteiger partial charge in [0.2, 0.25) is 0 Å². The Labute approximate surface area is 61.9 Å². The number of carbonyl (C=O) groups excluding carboxylic acids is 1. The topological polar surface area (TPSA) is 26.3 Å². The third-order valence-electron chi connectivity index (χ3n) is 1.12. The Bertz CT molecular complexity index is 97.4. The largest absolute Gasteiger partial charge is 0.381 e. The van der Waals surface area contributed by atoms with Crippen molar-refractivity contribution >= 4 is 6.29 Å². The molecule has 0 aliphatic heterocycles. The van der Waals surface area contributed by atoms with Crippen LogP contribution < -0.4 is 0 Å². The van der Waals surface area contributed by atoms with E-state index in [2.05, 4.69) is 0 Å². The molecular weight excluding hydrogens is 128 g/mol. The Kier molecular flexibility index (Phi) is 7.84. The molecule has 10 heavy (non-hydrogen) atoms. The summed E-state index contributed by atoms with van der Waals surface area (Å²) >= 11 is 0. The zero-order chi connectivity index (χ0) is 7.66. The van der Waals surface area contributed by atoms with Crippen LogP contribution in [0.3, 0.4) is 0 Å². The quantitative estimate of drug-likeness (QED) is 0.319. The summed E-state index contributed by atoms with van der Waals surface area (Å²) in [6.45, 7) is 0.668. The van der Waals surface area contributed by atoms with Gasteiger partial charge in [0.05, 0.1) is 6.61 Å². The second kappa shape index (κ2) is 8.37. The standard InChI is InChI=1S/C8H14O2/c1-10-8-6-4-2-3-5-7-9/h4,6-7H,2-3,5,8H2,1H3/b6-4+. The van der Waals surface area contributed by atoms with Crippen LogP contribution >= 0.6 is 0 Å². The number of hydrogen-bond acceptors (Lipinski definition) is 2. The van der Waals surface area contributed by atoms with Crippen LogP contribution in [0.1, 0.15) is 19.3 Å². The number of carbonyl (C=O) groups is 1. The van der Waals surface area contributed by atoms with E-state index < -0.39 is 0 Å². The van der Waals surface area contributed by atoms with Gasteiger partial charge in [0, 0.05) is 13.5 Å². The van der Waals surface area contributed by atoms with E-state index in [9.17, 15) is 4.79 Å². The minimum absolute atomic E-state index is 0.664. The first-order chi connectivity index (χ1) is 4.91. The molecule has 0 spiro atoms. The van der Waals surface area contributed by atoms with Gasteiger partial charge in [0.15, 0.2) is 0 Å². The highest BCUT2D eigenvalue weighted by atomic mass is 16.5. The molecule has 58 valence electrons. The van der Waals surface area contributed by atoms with Crippen molar-refractivity contribution in [1.82, 2.24) is 0 Å². The van der Waals surface area contributed by atoms with Gasteiger partial charge in [-0.05, 0) is 12.8 Å². The maximum Gasteiger partial charge on any atom is 0.120 e. The maximum absolute atomic E-state index is 9.84. The van der Waals surface area contributed by atoms with Gasteiger partial charge >= 0.3 is 0 Å². The fourth-order valence-electron chi connectivity index (χ4n) is 0.601. The number of ether oxygens (including phenoxy) is 1. The average molecular weight is 142 g/mol. The van der Waals surface area contributed by atoms with Crippen LogP contribution in [-0.2, 0) is 9.53 Å². The van der Waals surface area contributed by atoms with Crippen LogP contribution in [0.4, 0.5) is 0 Å². The highest BCUT2D eigenvalue weighted by Gasteiger charge is 1.80. The number of unbranched alkanes of at least 4 members (excludes halogenated alkanes) is 2. The molecule has 0 saturated carbocycles. The number of rotatable bonds is 6. The van der Waals surface area contributed by atoms with Crippen molar-refractivity contribution < 1.29 is 9.53 Å². The molecule has 0 fully saturated rings. The van der Waals surface area contributed by atoms with Gasteiger partial charge in [-0.25, -0.2) is 0 Å². The number of methoxy groups -OCH3 is 1. The minimum atomic E-state index is 0.664. The summed E-state index contributed by atoms with van der Waals surface area (Å²) in [5.41, 5.74) is 0.